The molecule has 1 N–H and O–H groups in total. The molecule has 0 saturated heterocycles. The molecule has 0 aromatic heterocycles. The summed E-state index contributed by atoms with van der Waals surface area (Å²) in [6.45, 7) is 3.23. The maximum atomic E-state index is 6.19. The van der Waals surface area contributed by atoms with E-state index in [1.165, 1.54) is 0 Å². The third-order valence-electron chi connectivity index (χ3n) is 3.16. The van der Waals surface area contributed by atoms with Crippen LogP contribution in [0.4, 0.5) is 5.69 Å². The van der Waals surface area contributed by atoms with Gasteiger partial charge in [-0.1, -0.05) is 46.1 Å². The molecule has 0 aliphatic carbocycles. The van der Waals surface area contributed by atoms with Crippen LogP contribution in [0.3, 0.4) is 0 Å². The van der Waals surface area contributed by atoms with Gasteiger partial charge in [0, 0.05) is 21.6 Å². The minimum absolute atomic E-state index is 0.537. The van der Waals surface area contributed by atoms with Crippen molar-refractivity contribution in [2.45, 2.75) is 19.9 Å². The molecule has 6 heteroatoms. The molecule has 0 radical (unpaired) electrons. The average molecular weight is 419 g/mol. The molecule has 23 heavy (non-hydrogen) atoms. The largest absolute Gasteiger partial charge is 0.493 e. The molecule has 0 atom stereocenters. The molecule has 0 unspecified atom stereocenters. The van der Waals surface area contributed by atoms with Gasteiger partial charge in [0.05, 0.1) is 24.4 Å². The molecule has 2 rings (SSSR count). The van der Waals surface area contributed by atoms with Crippen molar-refractivity contribution in [3.63, 3.8) is 0 Å². The summed E-state index contributed by atoms with van der Waals surface area (Å²) in [6.07, 6.45) is 0.923. The fraction of sp³-hybridized carbons (Fsp3) is 0.294. The predicted octanol–water partition coefficient (Wildman–Crippen LogP) is 6.17. The number of nitrogens with one attached hydrogen (secondary N) is 1. The summed E-state index contributed by atoms with van der Waals surface area (Å²) >= 11 is 15.7. The first kappa shape index (κ1) is 18.2. The highest BCUT2D eigenvalue weighted by molar-refractivity contribution is 9.10. The predicted molar refractivity (Wildman–Crippen MR) is 100 cm³/mol. The molecular formula is C17H18BrCl2NO2. The molecule has 0 fully saturated rings. The second kappa shape index (κ2) is 8.67. The molecule has 3 nitrogen and oxygen atoms in total. The summed E-state index contributed by atoms with van der Waals surface area (Å²) in [5.41, 5.74) is 1.75. The number of rotatable bonds is 7. The van der Waals surface area contributed by atoms with E-state index in [4.69, 9.17) is 32.7 Å². The minimum atomic E-state index is 0.537. The van der Waals surface area contributed by atoms with Gasteiger partial charge in [0.15, 0.2) is 11.5 Å². The van der Waals surface area contributed by atoms with E-state index in [9.17, 15) is 0 Å². The maximum Gasteiger partial charge on any atom is 0.166 e. The second-order valence-corrected chi connectivity index (χ2v) is 6.68. The fourth-order valence-electron chi connectivity index (χ4n) is 2.10. The monoisotopic (exact) mass is 417 g/mol. The molecule has 0 bridgehead atoms. The molecule has 0 heterocycles. The van der Waals surface area contributed by atoms with Gasteiger partial charge in [-0.3, -0.25) is 0 Å². The van der Waals surface area contributed by atoms with Gasteiger partial charge in [0.25, 0.3) is 0 Å². The molecule has 0 aliphatic heterocycles. The summed E-state index contributed by atoms with van der Waals surface area (Å²) in [4.78, 5) is 0. The SMILES string of the molecule is CCCOc1c(CNc2cc(Cl)ccc2Cl)cc(Br)cc1OC. The lowest BCUT2D eigenvalue weighted by molar-refractivity contribution is 0.291. The molecule has 0 saturated carbocycles. The number of anilines is 1. The Kier molecular flexibility index (Phi) is 6.88. The number of benzene rings is 2. The first-order chi connectivity index (χ1) is 11.0. The lowest BCUT2D eigenvalue weighted by Crippen LogP contribution is -2.06. The molecular weight excluding hydrogens is 401 g/mol. The summed E-state index contributed by atoms with van der Waals surface area (Å²) in [5.74, 6) is 1.44. The first-order valence-corrected chi connectivity index (χ1v) is 8.78. The second-order valence-electron chi connectivity index (χ2n) is 4.92. The van der Waals surface area contributed by atoms with Gasteiger partial charge in [-0.2, -0.15) is 0 Å². The van der Waals surface area contributed by atoms with Crippen LogP contribution in [0.2, 0.25) is 10.0 Å². The number of halogens is 3. The Morgan fingerprint density at radius 2 is 1.96 bits per heavy atom. The van der Waals surface area contributed by atoms with Crippen LogP contribution in [0.5, 0.6) is 11.5 Å². The van der Waals surface area contributed by atoms with Crippen LogP contribution in [0, 0.1) is 0 Å². The van der Waals surface area contributed by atoms with Crippen LogP contribution >= 0.6 is 39.1 Å². The van der Waals surface area contributed by atoms with E-state index in [1.54, 1.807) is 25.3 Å². The van der Waals surface area contributed by atoms with Crippen molar-refractivity contribution in [1.82, 2.24) is 0 Å². The van der Waals surface area contributed by atoms with Crippen molar-refractivity contribution in [3.8, 4) is 11.5 Å². The Balaban J connectivity index is 2.27. The molecule has 0 aliphatic rings. The fourth-order valence-corrected chi connectivity index (χ4v) is 2.94. The quantitative estimate of drug-likeness (QED) is 0.583. The number of methoxy groups -OCH3 is 1. The van der Waals surface area contributed by atoms with E-state index in [0.29, 0.717) is 28.9 Å². The third-order valence-corrected chi connectivity index (χ3v) is 4.19. The lowest BCUT2D eigenvalue weighted by Gasteiger charge is -2.17. The van der Waals surface area contributed by atoms with Crippen LogP contribution in [-0.2, 0) is 6.54 Å². The third kappa shape index (κ3) is 4.93. The first-order valence-electron chi connectivity index (χ1n) is 7.23. The number of ether oxygens (including phenoxy) is 2. The van der Waals surface area contributed by atoms with E-state index < -0.39 is 0 Å². The van der Waals surface area contributed by atoms with Gasteiger partial charge >= 0.3 is 0 Å². The van der Waals surface area contributed by atoms with Crippen molar-refractivity contribution >= 4 is 44.8 Å². The lowest BCUT2D eigenvalue weighted by atomic mass is 10.1. The number of hydrogen-bond acceptors (Lipinski definition) is 3. The van der Waals surface area contributed by atoms with Crippen molar-refractivity contribution in [2.24, 2.45) is 0 Å². The number of hydrogen-bond donors (Lipinski definition) is 1. The molecule has 2 aromatic rings. The van der Waals surface area contributed by atoms with Crippen molar-refractivity contribution in [3.05, 3.63) is 50.4 Å². The summed E-state index contributed by atoms with van der Waals surface area (Å²) < 4.78 is 12.2. The highest BCUT2D eigenvalue weighted by atomic mass is 79.9. The topological polar surface area (TPSA) is 30.5 Å². The van der Waals surface area contributed by atoms with Crippen molar-refractivity contribution < 1.29 is 9.47 Å². The Morgan fingerprint density at radius 1 is 1.17 bits per heavy atom. The zero-order valence-electron chi connectivity index (χ0n) is 13.0. The van der Waals surface area contributed by atoms with Crippen LogP contribution in [0.25, 0.3) is 0 Å². The Bertz CT molecular complexity index is 680. The van der Waals surface area contributed by atoms with Gasteiger partial charge in [0.1, 0.15) is 0 Å². The maximum absolute atomic E-state index is 6.19. The van der Waals surface area contributed by atoms with Gasteiger partial charge in [-0.25, -0.2) is 0 Å². The van der Waals surface area contributed by atoms with Gasteiger partial charge in [-0.15, -0.1) is 0 Å². The Hall–Kier alpha value is -1.10. The van der Waals surface area contributed by atoms with Gasteiger partial charge in [0.2, 0.25) is 0 Å². The Labute approximate surface area is 155 Å². The average Bonchev–Trinajstić information content (AvgIpc) is 2.54. The van der Waals surface area contributed by atoms with E-state index in [-0.39, 0.29) is 0 Å². The van der Waals surface area contributed by atoms with Crippen LogP contribution in [-0.4, -0.2) is 13.7 Å². The van der Waals surface area contributed by atoms with Crippen molar-refractivity contribution in [2.75, 3.05) is 19.0 Å². The van der Waals surface area contributed by atoms with Crippen molar-refractivity contribution in [1.29, 1.82) is 0 Å². The Morgan fingerprint density at radius 3 is 2.65 bits per heavy atom. The van der Waals surface area contributed by atoms with E-state index in [1.807, 2.05) is 12.1 Å². The van der Waals surface area contributed by atoms with E-state index in [2.05, 4.69) is 28.2 Å². The van der Waals surface area contributed by atoms with Gasteiger partial charge < -0.3 is 14.8 Å². The van der Waals surface area contributed by atoms with Crippen LogP contribution in [0.15, 0.2) is 34.8 Å². The van der Waals surface area contributed by atoms with E-state index in [0.717, 1.165) is 27.9 Å². The highest BCUT2D eigenvalue weighted by Crippen LogP contribution is 2.36. The molecule has 2 aromatic carbocycles. The van der Waals surface area contributed by atoms with Crippen LogP contribution in [0.1, 0.15) is 18.9 Å². The molecule has 0 spiro atoms. The highest BCUT2D eigenvalue weighted by Gasteiger charge is 2.13. The summed E-state index contributed by atoms with van der Waals surface area (Å²) in [5, 5.41) is 4.54. The normalized spacial score (nSPS) is 10.5. The minimum Gasteiger partial charge on any atom is -0.493 e. The zero-order valence-corrected chi connectivity index (χ0v) is 16.1. The van der Waals surface area contributed by atoms with E-state index >= 15 is 0 Å². The molecule has 0 amide bonds. The summed E-state index contributed by atoms with van der Waals surface area (Å²) in [7, 11) is 1.63. The summed E-state index contributed by atoms with van der Waals surface area (Å²) in [6, 6.07) is 9.21. The van der Waals surface area contributed by atoms with Crippen LogP contribution < -0.4 is 14.8 Å². The standard InChI is InChI=1S/C17H18BrCl2NO2/c1-3-6-23-17-11(7-12(18)8-16(17)22-2)10-21-15-9-13(19)4-5-14(15)20/h4-5,7-9,21H,3,6,10H2,1-2H3. The molecule has 124 valence electrons. The van der Waals surface area contributed by atoms with Gasteiger partial charge in [-0.05, 0) is 36.8 Å². The zero-order chi connectivity index (χ0) is 16.8. The smallest absolute Gasteiger partial charge is 0.166 e.